The number of aromatic nitrogens is 1. The average molecular weight is 258 g/mol. The van der Waals surface area contributed by atoms with Crippen LogP contribution >= 0.6 is 11.3 Å². The molecule has 0 aliphatic rings. The number of nitrogens with zero attached hydrogens (tertiary/aromatic N) is 1. The minimum absolute atomic E-state index is 0.369. The van der Waals surface area contributed by atoms with Crippen LogP contribution in [0.5, 0.6) is 0 Å². The van der Waals surface area contributed by atoms with Crippen molar-refractivity contribution in [3.05, 3.63) is 46.4 Å². The van der Waals surface area contributed by atoms with Gasteiger partial charge in [0.15, 0.2) is 0 Å². The van der Waals surface area contributed by atoms with Crippen molar-refractivity contribution in [1.82, 2.24) is 4.98 Å². The quantitative estimate of drug-likeness (QED) is 0.906. The number of rotatable bonds is 3. The third-order valence-corrected chi connectivity index (χ3v) is 2.99. The van der Waals surface area contributed by atoms with Gasteiger partial charge in [-0.15, -0.1) is 11.3 Å². The topological polar surface area (TPSA) is 24.9 Å². The van der Waals surface area contributed by atoms with Gasteiger partial charge in [-0.3, -0.25) is 4.98 Å². The molecule has 0 amide bonds. The van der Waals surface area contributed by atoms with Gasteiger partial charge in [0.05, 0.1) is 11.3 Å². The van der Waals surface area contributed by atoms with Crippen molar-refractivity contribution in [1.29, 1.82) is 0 Å². The second-order valence-electron chi connectivity index (χ2n) is 3.39. The van der Waals surface area contributed by atoms with Crippen LogP contribution < -0.4 is 5.32 Å². The largest absolute Gasteiger partial charge is 0.417 e. The summed E-state index contributed by atoms with van der Waals surface area (Å²) in [6, 6.07) is 4.87. The molecule has 0 unspecified atom stereocenters. The van der Waals surface area contributed by atoms with Gasteiger partial charge in [0.2, 0.25) is 0 Å². The van der Waals surface area contributed by atoms with Crippen molar-refractivity contribution < 1.29 is 13.2 Å². The number of anilines is 1. The molecule has 2 nitrogen and oxygen atoms in total. The zero-order valence-electron chi connectivity index (χ0n) is 8.66. The first-order valence-electron chi connectivity index (χ1n) is 4.84. The van der Waals surface area contributed by atoms with E-state index in [1.54, 1.807) is 11.3 Å². The van der Waals surface area contributed by atoms with E-state index in [9.17, 15) is 13.2 Å². The molecule has 0 saturated heterocycles. The predicted octanol–water partition coefficient (Wildman–Crippen LogP) is 3.77. The number of pyridine rings is 1. The van der Waals surface area contributed by atoms with Crippen LogP contribution in [-0.2, 0) is 12.7 Å². The first-order chi connectivity index (χ1) is 8.05. The van der Waals surface area contributed by atoms with E-state index in [2.05, 4.69) is 10.3 Å². The minimum Gasteiger partial charge on any atom is -0.379 e. The van der Waals surface area contributed by atoms with Gasteiger partial charge in [-0.25, -0.2) is 0 Å². The van der Waals surface area contributed by atoms with Crippen molar-refractivity contribution in [2.75, 3.05) is 5.32 Å². The molecular weight excluding hydrogens is 249 g/mol. The predicted molar refractivity (Wildman–Crippen MR) is 60.9 cm³/mol. The summed E-state index contributed by atoms with van der Waals surface area (Å²) in [7, 11) is 0. The Hall–Kier alpha value is -1.56. The summed E-state index contributed by atoms with van der Waals surface area (Å²) in [5.41, 5.74) is -0.373. The van der Waals surface area contributed by atoms with Crippen molar-refractivity contribution in [3.8, 4) is 0 Å². The minimum atomic E-state index is -4.35. The van der Waals surface area contributed by atoms with Crippen LogP contribution in [0.4, 0.5) is 18.9 Å². The van der Waals surface area contributed by atoms with E-state index in [0.29, 0.717) is 12.2 Å². The smallest absolute Gasteiger partial charge is 0.379 e. The van der Waals surface area contributed by atoms with E-state index in [0.717, 1.165) is 17.1 Å². The zero-order valence-corrected chi connectivity index (χ0v) is 9.48. The number of halogens is 3. The van der Waals surface area contributed by atoms with Gasteiger partial charge >= 0.3 is 6.18 Å². The summed E-state index contributed by atoms with van der Waals surface area (Å²) in [6.45, 7) is 0.501. The van der Waals surface area contributed by atoms with Gasteiger partial charge in [0.25, 0.3) is 0 Å². The van der Waals surface area contributed by atoms with E-state index in [1.807, 2.05) is 17.5 Å². The SMILES string of the molecule is FC(F)(F)c1cncc(NCc2cccs2)c1. The lowest BCUT2D eigenvalue weighted by atomic mass is 10.2. The Morgan fingerprint density at radius 1 is 1.29 bits per heavy atom. The molecule has 0 aromatic carbocycles. The van der Waals surface area contributed by atoms with Crippen LogP contribution in [0.2, 0.25) is 0 Å². The molecule has 6 heteroatoms. The Morgan fingerprint density at radius 3 is 2.76 bits per heavy atom. The summed E-state index contributed by atoms with van der Waals surface area (Å²) >= 11 is 1.55. The van der Waals surface area contributed by atoms with Crippen molar-refractivity contribution in [2.24, 2.45) is 0 Å². The lowest BCUT2D eigenvalue weighted by Gasteiger charge is -2.09. The number of hydrogen-bond acceptors (Lipinski definition) is 3. The molecule has 0 bridgehead atoms. The highest BCUT2D eigenvalue weighted by atomic mass is 32.1. The molecule has 2 rings (SSSR count). The van der Waals surface area contributed by atoms with Crippen LogP contribution in [0.25, 0.3) is 0 Å². The van der Waals surface area contributed by atoms with Gasteiger partial charge in [0, 0.05) is 23.8 Å². The molecule has 0 aliphatic carbocycles. The molecule has 2 aromatic heterocycles. The molecule has 2 aromatic rings. The highest BCUT2D eigenvalue weighted by Gasteiger charge is 2.30. The van der Waals surface area contributed by atoms with Crippen molar-refractivity contribution >= 4 is 17.0 Å². The van der Waals surface area contributed by atoms with E-state index in [4.69, 9.17) is 0 Å². The Bertz CT molecular complexity index is 480. The van der Waals surface area contributed by atoms with Crippen LogP contribution in [0.3, 0.4) is 0 Å². The summed E-state index contributed by atoms with van der Waals surface area (Å²) < 4.78 is 37.2. The first kappa shape index (κ1) is 11.9. The molecule has 1 N–H and O–H groups in total. The maximum absolute atomic E-state index is 12.4. The second-order valence-corrected chi connectivity index (χ2v) is 4.43. The average Bonchev–Trinajstić information content (AvgIpc) is 2.78. The first-order valence-corrected chi connectivity index (χ1v) is 5.72. The normalized spacial score (nSPS) is 11.5. The van der Waals surface area contributed by atoms with E-state index in [-0.39, 0.29) is 0 Å². The van der Waals surface area contributed by atoms with Crippen molar-refractivity contribution in [2.45, 2.75) is 12.7 Å². The number of thiophene rings is 1. The van der Waals surface area contributed by atoms with Gasteiger partial charge in [-0.05, 0) is 17.5 Å². The third-order valence-electron chi connectivity index (χ3n) is 2.11. The number of alkyl halides is 3. The van der Waals surface area contributed by atoms with Gasteiger partial charge in [-0.1, -0.05) is 6.07 Å². The third kappa shape index (κ3) is 3.20. The zero-order chi connectivity index (χ0) is 12.3. The monoisotopic (exact) mass is 258 g/mol. The highest BCUT2D eigenvalue weighted by Crippen LogP contribution is 2.30. The van der Waals surface area contributed by atoms with Gasteiger partial charge in [0.1, 0.15) is 0 Å². The van der Waals surface area contributed by atoms with E-state index < -0.39 is 11.7 Å². The molecule has 17 heavy (non-hydrogen) atoms. The number of hydrogen-bond donors (Lipinski definition) is 1. The molecule has 2 heterocycles. The molecule has 0 saturated carbocycles. The van der Waals surface area contributed by atoms with Gasteiger partial charge < -0.3 is 5.32 Å². The van der Waals surface area contributed by atoms with E-state index >= 15 is 0 Å². The summed E-state index contributed by atoms with van der Waals surface area (Å²) in [4.78, 5) is 4.63. The van der Waals surface area contributed by atoms with Gasteiger partial charge in [-0.2, -0.15) is 13.2 Å². The Kier molecular flexibility index (Phi) is 3.33. The molecule has 0 atom stereocenters. The molecule has 0 aliphatic heterocycles. The van der Waals surface area contributed by atoms with Crippen LogP contribution in [-0.4, -0.2) is 4.98 Å². The van der Waals surface area contributed by atoms with E-state index in [1.165, 1.54) is 6.20 Å². The lowest BCUT2D eigenvalue weighted by Crippen LogP contribution is -2.07. The van der Waals surface area contributed by atoms with Crippen LogP contribution in [0, 0.1) is 0 Å². The van der Waals surface area contributed by atoms with Crippen LogP contribution in [0.1, 0.15) is 10.4 Å². The molecule has 90 valence electrons. The second kappa shape index (κ2) is 4.75. The fourth-order valence-electron chi connectivity index (χ4n) is 1.29. The molecule has 0 spiro atoms. The molecular formula is C11H9F3N2S. The summed E-state index contributed by atoms with van der Waals surface area (Å²) in [5.74, 6) is 0. The lowest BCUT2D eigenvalue weighted by molar-refractivity contribution is -0.137. The molecule has 0 fully saturated rings. The summed E-state index contributed by atoms with van der Waals surface area (Å²) in [5, 5.41) is 4.83. The fourth-order valence-corrected chi connectivity index (χ4v) is 1.94. The van der Waals surface area contributed by atoms with Crippen molar-refractivity contribution in [3.63, 3.8) is 0 Å². The molecule has 0 radical (unpaired) electrons. The maximum Gasteiger partial charge on any atom is 0.417 e. The number of nitrogens with one attached hydrogen (secondary N) is 1. The standard InChI is InChI=1S/C11H9F3N2S/c12-11(13,14)8-4-9(6-15-5-8)16-7-10-2-1-3-17-10/h1-6,16H,7H2. The fraction of sp³-hybridized carbons (Fsp3) is 0.182. The Balaban J connectivity index is 2.07. The summed E-state index contributed by atoms with van der Waals surface area (Å²) in [6.07, 6.45) is -2.16. The Labute approximate surface area is 100 Å². The highest BCUT2D eigenvalue weighted by molar-refractivity contribution is 7.09. The Morgan fingerprint density at radius 2 is 2.12 bits per heavy atom. The van der Waals surface area contributed by atoms with Crippen LogP contribution in [0.15, 0.2) is 36.0 Å². The maximum atomic E-state index is 12.4.